The molecule has 0 spiro atoms. The minimum Gasteiger partial charge on any atom is -0.324 e. The quantitative estimate of drug-likeness (QED) is 0.780. The van der Waals surface area contributed by atoms with Crippen molar-refractivity contribution >= 4 is 44.8 Å². The van der Waals surface area contributed by atoms with E-state index in [0.29, 0.717) is 16.3 Å². The van der Waals surface area contributed by atoms with Crippen LogP contribution in [0.15, 0.2) is 47.4 Å². The molecule has 2 aromatic carbocycles. The summed E-state index contributed by atoms with van der Waals surface area (Å²) in [6.45, 7) is 0.0994. The van der Waals surface area contributed by atoms with E-state index in [1.165, 1.54) is 29.6 Å². The predicted molar refractivity (Wildman–Crippen MR) is 98.4 cm³/mol. The Morgan fingerprint density at radius 1 is 1.04 bits per heavy atom. The first kappa shape index (κ1) is 18.4. The first-order valence-electron chi connectivity index (χ1n) is 7.71. The summed E-state index contributed by atoms with van der Waals surface area (Å²) in [5, 5.41) is 5.57. The molecule has 1 heterocycles. The molecule has 0 bridgehead atoms. The lowest BCUT2D eigenvalue weighted by atomic mass is 10.2. The van der Waals surface area contributed by atoms with Gasteiger partial charge >= 0.3 is 0 Å². The van der Waals surface area contributed by atoms with E-state index in [9.17, 15) is 18.0 Å². The second-order valence-electron chi connectivity index (χ2n) is 5.83. The molecule has 1 aliphatic heterocycles. The van der Waals surface area contributed by atoms with Gasteiger partial charge in [0.1, 0.15) is 6.42 Å². The fourth-order valence-electron chi connectivity index (χ4n) is 2.56. The first-order chi connectivity index (χ1) is 12.3. The van der Waals surface area contributed by atoms with Crippen LogP contribution in [0.1, 0.15) is 12.0 Å². The van der Waals surface area contributed by atoms with Crippen LogP contribution in [0.25, 0.3) is 0 Å². The number of hydrogen-bond donors (Lipinski definition) is 2. The summed E-state index contributed by atoms with van der Waals surface area (Å²) in [7, 11) is -2.37. The van der Waals surface area contributed by atoms with Crippen LogP contribution in [-0.2, 0) is 26.2 Å². The Kier molecular flexibility index (Phi) is 4.99. The average molecular weight is 394 g/mol. The Balaban J connectivity index is 1.91. The van der Waals surface area contributed by atoms with Crippen molar-refractivity contribution in [2.45, 2.75) is 17.9 Å². The fraction of sp³-hybridized carbons (Fsp3) is 0.176. The van der Waals surface area contributed by atoms with Crippen LogP contribution in [-0.4, -0.2) is 31.6 Å². The van der Waals surface area contributed by atoms with Crippen molar-refractivity contribution in [3.05, 3.63) is 53.1 Å². The van der Waals surface area contributed by atoms with E-state index in [4.69, 9.17) is 11.6 Å². The van der Waals surface area contributed by atoms with Gasteiger partial charge in [-0.3, -0.25) is 9.59 Å². The van der Waals surface area contributed by atoms with Gasteiger partial charge in [-0.15, -0.1) is 0 Å². The lowest BCUT2D eigenvalue weighted by molar-refractivity contribution is -0.123. The highest BCUT2D eigenvalue weighted by atomic mass is 35.5. The molecule has 2 N–H and O–H groups in total. The summed E-state index contributed by atoms with van der Waals surface area (Å²) in [5.74, 6) is -0.951. The van der Waals surface area contributed by atoms with E-state index >= 15 is 0 Å². The van der Waals surface area contributed by atoms with Crippen molar-refractivity contribution in [3.63, 3.8) is 0 Å². The van der Waals surface area contributed by atoms with Crippen LogP contribution >= 0.6 is 11.6 Å². The summed E-state index contributed by atoms with van der Waals surface area (Å²) in [5.41, 5.74) is 1.28. The van der Waals surface area contributed by atoms with Gasteiger partial charge in [-0.1, -0.05) is 29.8 Å². The number of hydrogen-bond acceptors (Lipinski definition) is 4. The maximum absolute atomic E-state index is 12.8. The lowest BCUT2D eigenvalue weighted by Gasteiger charge is -2.19. The molecule has 0 atom stereocenters. The third kappa shape index (κ3) is 3.72. The number of amides is 2. The molecule has 26 heavy (non-hydrogen) atoms. The van der Waals surface area contributed by atoms with Gasteiger partial charge in [0, 0.05) is 18.6 Å². The minimum absolute atomic E-state index is 0.00209. The lowest BCUT2D eigenvalue weighted by Crippen LogP contribution is -2.26. The van der Waals surface area contributed by atoms with Gasteiger partial charge in [0.05, 0.1) is 16.3 Å². The second kappa shape index (κ2) is 7.06. The fourth-order valence-corrected chi connectivity index (χ4v) is 3.93. The van der Waals surface area contributed by atoms with Crippen LogP contribution in [0.2, 0.25) is 5.02 Å². The zero-order valence-electron chi connectivity index (χ0n) is 13.8. The highest BCUT2D eigenvalue weighted by molar-refractivity contribution is 7.89. The topological polar surface area (TPSA) is 95.6 Å². The molecular weight excluding hydrogens is 378 g/mol. The summed E-state index contributed by atoms with van der Waals surface area (Å²) >= 11 is 6.10. The molecule has 0 aliphatic carbocycles. The summed E-state index contributed by atoms with van der Waals surface area (Å²) in [6.07, 6.45) is -0.316. The van der Waals surface area contributed by atoms with Gasteiger partial charge in [0.2, 0.25) is 21.8 Å². The average Bonchev–Trinajstić information content (AvgIpc) is 2.72. The molecule has 0 saturated heterocycles. The highest BCUT2D eigenvalue weighted by Gasteiger charge is 2.25. The standard InChI is InChI=1S/C17H16ClN3O4S/c1-21(10-11-4-2-3-5-13(11)18)26(24,25)12-6-7-14-15(8-12)20-17(23)9-16(22)19-14/h2-8H,9-10H2,1H3,(H,19,22)(H,20,23). The number of benzene rings is 2. The SMILES string of the molecule is CN(Cc1ccccc1Cl)S(=O)(=O)c1ccc2c(c1)NC(=O)CC(=O)N2. The van der Waals surface area contributed by atoms with E-state index in [-0.39, 0.29) is 23.5 Å². The van der Waals surface area contributed by atoms with E-state index < -0.39 is 21.8 Å². The molecule has 2 aromatic rings. The van der Waals surface area contributed by atoms with E-state index in [1.54, 1.807) is 24.3 Å². The number of nitrogens with zero attached hydrogens (tertiary/aromatic N) is 1. The normalized spacial score (nSPS) is 14.4. The molecule has 0 fully saturated rings. The molecule has 0 unspecified atom stereocenters. The van der Waals surface area contributed by atoms with Crippen LogP contribution < -0.4 is 10.6 Å². The number of carbonyl (C=O) groups is 2. The van der Waals surface area contributed by atoms with Crippen molar-refractivity contribution in [2.75, 3.05) is 17.7 Å². The summed E-state index contributed by atoms with van der Waals surface area (Å²) in [4.78, 5) is 23.3. The van der Waals surface area contributed by atoms with Crippen molar-refractivity contribution < 1.29 is 18.0 Å². The van der Waals surface area contributed by atoms with Gasteiger partial charge < -0.3 is 10.6 Å². The van der Waals surface area contributed by atoms with Crippen molar-refractivity contribution in [3.8, 4) is 0 Å². The Bertz CT molecular complexity index is 991. The smallest absolute Gasteiger partial charge is 0.243 e. The Morgan fingerprint density at radius 2 is 1.69 bits per heavy atom. The molecule has 9 heteroatoms. The molecule has 0 saturated carbocycles. The zero-order chi connectivity index (χ0) is 18.9. The van der Waals surface area contributed by atoms with Crippen molar-refractivity contribution in [1.29, 1.82) is 0 Å². The van der Waals surface area contributed by atoms with E-state index in [0.717, 1.165) is 0 Å². The predicted octanol–water partition coefficient (Wildman–Crippen LogP) is 2.44. The minimum atomic E-state index is -3.82. The van der Waals surface area contributed by atoms with Crippen LogP contribution in [0.5, 0.6) is 0 Å². The van der Waals surface area contributed by atoms with Crippen LogP contribution in [0.3, 0.4) is 0 Å². The molecule has 0 radical (unpaired) electrons. The molecule has 1 aliphatic rings. The number of sulfonamides is 1. The number of nitrogens with one attached hydrogen (secondary N) is 2. The van der Waals surface area contributed by atoms with Gasteiger partial charge in [-0.05, 0) is 29.8 Å². The summed E-state index contributed by atoms with van der Waals surface area (Å²) < 4.78 is 26.9. The third-order valence-corrected chi connectivity index (χ3v) is 6.09. The number of fused-ring (bicyclic) bond motifs is 1. The highest BCUT2D eigenvalue weighted by Crippen LogP contribution is 2.29. The maximum atomic E-state index is 12.8. The number of halogens is 1. The van der Waals surface area contributed by atoms with Gasteiger partial charge in [0.15, 0.2) is 0 Å². The van der Waals surface area contributed by atoms with Gasteiger partial charge in [-0.25, -0.2) is 8.42 Å². The largest absolute Gasteiger partial charge is 0.324 e. The number of carbonyl (C=O) groups excluding carboxylic acids is 2. The Hall–Kier alpha value is -2.42. The zero-order valence-corrected chi connectivity index (χ0v) is 15.4. The number of anilines is 2. The van der Waals surface area contributed by atoms with Crippen LogP contribution in [0.4, 0.5) is 11.4 Å². The van der Waals surface area contributed by atoms with Crippen LogP contribution in [0, 0.1) is 0 Å². The molecule has 136 valence electrons. The molecular formula is C17H16ClN3O4S. The Labute approximate surface area is 156 Å². The summed E-state index contributed by atoms with van der Waals surface area (Å²) in [6, 6.07) is 11.2. The van der Waals surface area contributed by atoms with Gasteiger partial charge in [0.25, 0.3) is 0 Å². The third-order valence-electron chi connectivity index (χ3n) is 3.92. The molecule has 0 aromatic heterocycles. The maximum Gasteiger partial charge on any atom is 0.243 e. The number of rotatable bonds is 4. The van der Waals surface area contributed by atoms with E-state index in [1.807, 2.05) is 0 Å². The van der Waals surface area contributed by atoms with Crippen molar-refractivity contribution in [2.24, 2.45) is 0 Å². The van der Waals surface area contributed by atoms with Gasteiger partial charge in [-0.2, -0.15) is 4.31 Å². The van der Waals surface area contributed by atoms with E-state index in [2.05, 4.69) is 10.6 Å². The molecule has 2 amide bonds. The second-order valence-corrected chi connectivity index (χ2v) is 8.29. The first-order valence-corrected chi connectivity index (χ1v) is 9.52. The Morgan fingerprint density at radius 3 is 2.38 bits per heavy atom. The van der Waals surface area contributed by atoms with Crippen molar-refractivity contribution in [1.82, 2.24) is 4.31 Å². The molecule has 7 nitrogen and oxygen atoms in total. The monoisotopic (exact) mass is 393 g/mol. The molecule has 3 rings (SSSR count).